The van der Waals surface area contributed by atoms with E-state index in [0.29, 0.717) is 5.75 Å². The Kier molecular flexibility index (Phi) is 5.97. The predicted octanol–water partition coefficient (Wildman–Crippen LogP) is 4.06. The van der Waals surface area contributed by atoms with Crippen LogP contribution < -0.4 is 4.74 Å². The summed E-state index contributed by atoms with van der Waals surface area (Å²) < 4.78 is 5.36. The first kappa shape index (κ1) is 17.6. The first-order valence-electron chi connectivity index (χ1n) is 7.95. The van der Waals surface area contributed by atoms with Crippen LogP contribution in [0.1, 0.15) is 36.5 Å². The van der Waals surface area contributed by atoms with E-state index in [1.165, 1.54) is 5.56 Å². The van der Waals surface area contributed by atoms with Gasteiger partial charge in [-0.25, -0.2) is 0 Å². The second-order valence-corrected chi connectivity index (χ2v) is 5.66. The molecule has 0 saturated carbocycles. The van der Waals surface area contributed by atoms with E-state index in [1.807, 2.05) is 36.4 Å². The monoisotopic (exact) mass is 323 g/mol. The number of nitro groups is 1. The van der Waals surface area contributed by atoms with Gasteiger partial charge in [0.05, 0.1) is 5.92 Å². The fourth-order valence-electron chi connectivity index (χ4n) is 2.73. The number of hydrogen-bond donors (Lipinski definition) is 0. The van der Waals surface area contributed by atoms with Crippen molar-refractivity contribution in [3.05, 3.63) is 75.3 Å². The zero-order chi connectivity index (χ0) is 17.5. The van der Waals surface area contributed by atoms with Gasteiger partial charge in [0.25, 0.3) is 0 Å². The number of hydrogen-bond acceptors (Lipinski definition) is 3. The Morgan fingerprint density at radius 1 is 1.12 bits per heavy atom. The minimum absolute atomic E-state index is 0.201. The molecule has 0 spiro atoms. The average Bonchev–Trinajstić information content (AvgIpc) is 2.61. The summed E-state index contributed by atoms with van der Waals surface area (Å²) >= 11 is 0. The van der Waals surface area contributed by atoms with Crippen LogP contribution in [0, 0.1) is 22.5 Å². The second-order valence-electron chi connectivity index (χ2n) is 5.66. The van der Waals surface area contributed by atoms with Gasteiger partial charge in [0.1, 0.15) is 12.4 Å². The van der Waals surface area contributed by atoms with Gasteiger partial charge in [-0.2, -0.15) is 0 Å². The van der Waals surface area contributed by atoms with Crippen molar-refractivity contribution in [1.29, 1.82) is 0 Å². The number of rotatable bonds is 7. The molecule has 4 heteroatoms. The maximum absolute atomic E-state index is 11.4. The van der Waals surface area contributed by atoms with E-state index in [0.717, 1.165) is 17.5 Å². The quantitative estimate of drug-likeness (QED) is 0.439. The van der Waals surface area contributed by atoms with Gasteiger partial charge in [0, 0.05) is 11.8 Å². The van der Waals surface area contributed by atoms with Crippen LogP contribution in [0.25, 0.3) is 0 Å². The van der Waals surface area contributed by atoms with E-state index in [1.54, 1.807) is 19.1 Å². The summed E-state index contributed by atoms with van der Waals surface area (Å²) in [7, 11) is 0. The largest absolute Gasteiger partial charge is 0.481 e. The van der Waals surface area contributed by atoms with Crippen molar-refractivity contribution in [2.24, 2.45) is 0 Å². The summed E-state index contributed by atoms with van der Waals surface area (Å²) in [4.78, 5) is 11.1. The average molecular weight is 323 g/mol. The lowest BCUT2D eigenvalue weighted by Crippen LogP contribution is -2.25. The van der Waals surface area contributed by atoms with Crippen molar-refractivity contribution in [2.75, 3.05) is 6.61 Å². The molecule has 0 heterocycles. The molecule has 2 aromatic rings. The van der Waals surface area contributed by atoms with Gasteiger partial charge in [-0.1, -0.05) is 49.2 Å². The third kappa shape index (κ3) is 4.14. The van der Waals surface area contributed by atoms with Crippen molar-refractivity contribution in [1.82, 2.24) is 0 Å². The highest BCUT2D eigenvalue weighted by atomic mass is 16.6. The molecule has 0 saturated heterocycles. The standard InChI is InChI=1S/C20H21NO3/c1-4-14-24-19-12-10-18(11-13-19)20(15(3)21(22)23)17-8-6-16(5-2)7-9-17/h1,6-13,15,20H,5,14H2,2-3H3. The zero-order valence-electron chi connectivity index (χ0n) is 13.9. The van der Waals surface area contributed by atoms with E-state index in [9.17, 15) is 10.1 Å². The van der Waals surface area contributed by atoms with Crippen LogP contribution in [0.4, 0.5) is 0 Å². The molecule has 2 rings (SSSR count). The minimum Gasteiger partial charge on any atom is -0.481 e. The van der Waals surface area contributed by atoms with Crippen molar-refractivity contribution >= 4 is 0 Å². The Balaban J connectivity index is 2.35. The SMILES string of the molecule is C#CCOc1ccc(C(c2ccc(CC)cc2)C(C)[N+](=O)[O-])cc1. The Bertz CT molecular complexity index is 714. The van der Waals surface area contributed by atoms with Crippen molar-refractivity contribution < 1.29 is 9.66 Å². The third-order valence-electron chi connectivity index (χ3n) is 4.12. The molecule has 2 aromatic carbocycles. The fourth-order valence-corrected chi connectivity index (χ4v) is 2.73. The topological polar surface area (TPSA) is 52.4 Å². The summed E-state index contributed by atoms with van der Waals surface area (Å²) in [6.45, 7) is 3.93. The highest BCUT2D eigenvalue weighted by Crippen LogP contribution is 2.31. The molecule has 0 aliphatic rings. The van der Waals surface area contributed by atoms with Gasteiger partial charge < -0.3 is 4.74 Å². The lowest BCUT2D eigenvalue weighted by atomic mass is 9.85. The summed E-state index contributed by atoms with van der Waals surface area (Å²) in [5.74, 6) is 2.76. The molecule has 2 atom stereocenters. The second kappa shape index (κ2) is 8.16. The van der Waals surface area contributed by atoms with Crippen LogP contribution >= 0.6 is 0 Å². The van der Waals surface area contributed by atoms with Crippen LogP contribution in [-0.2, 0) is 6.42 Å². The normalized spacial score (nSPS) is 12.9. The fraction of sp³-hybridized carbons (Fsp3) is 0.300. The molecular formula is C20H21NO3. The Morgan fingerprint density at radius 2 is 1.67 bits per heavy atom. The highest BCUT2D eigenvalue weighted by molar-refractivity contribution is 5.38. The molecular weight excluding hydrogens is 302 g/mol. The van der Waals surface area contributed by atoms with Gasteiger partial charge in [-0.05, 0) is 35.2 Å². The Hall–Kier alpha value is -2.80. The molecule has 2 unspecified atom stereocenters. The van der Waals surface area contributed by atoms with Crippen LogP contribution in [0.5, 0.6) is 5.75 Å². The number of nitrogens with zero attached hydrogens (tertiary/aromatic N) is 1. The van der Waals surface area contributed by atoms with Gasteiger partial charge in [0.2, 0.25) is 6.04 Å². The van der Waals surface area contributed by atoms with Gasteiger partial charge in [-0.15, -0.1) is 6.42 Å². The van der Waals surface area contributed by atoms with Gasteiger partial charge in [0.15, 0.2) is 0 Å². The first-order valence-corrected chi connectivity index (χ1v) is 7.95. The number of ether oxygens (including phenoxy) is 1. The molecule has 0 aliphatic carbocycles. The van der Waals surface area contributed by atoms with E-state index in [4.69, 9.17) is 11.2 Å². The summed E-state index contributed by atoms with van der Waals surface area (Å²) in [5.41, 5.74) is 3.04. The highest BCUT2D eigenvalue weighted by Gasteiger charge is 2.29. The lowest BCUT2D eigenvalue weighted by molar-refractivity contribution is -0.520. The molecule has 0 aromatic heterocycles. The van der Waals surface area contributed by atoms with Crippen molar-refractivity contribution in [3.63, 3.8) is 0 Å². The van der Waals surface area contributed by atoms with Crippen LogP contribution in [0.3, 0.4) is 0 Å². The molecule has 24 heavy (non-hydrogen) atoms. The molecule has 0 fully saturated rings. The van der Waals surface area contributed by atoms with Crippen LogP contribution in [0.15, 0.2) is 48.5 Å². The molecule has 0 N–H and O–H groups in total. The van der Waals surface area contributed by atoms with E-state index in [2.05, 4.69) is 12.8 Å². The zero-order valence-corrected chi connectivity index (χ0v) is 13.9. The number of benzene rings is 2. The smallest absolute Gasteiger partial charge is 0.221 e. The number of aryl methyl sites for hydroxylation is 1. The van der Waals surface area contributed by atoms with Crippen molar-refractivity contribution in [3.8, 4) is 18.1 Å². The molecule has 0 aliphatic heterocycles. The predicted molar refractivity (Wildman–Crippen MR) is 94.9 cm³/mol. The third-order valence-corrected chi connectivity index (χ3v) is 4.12. The molecule has 0 radical (unpaired) electrons. The maximum atomic E-state index is 11.4. The first-order chi connectivity index (χ1) is 11.6. The van der Waals surface area contributed by atoms with E-state index < -0.39 is 6.04 Å². The molecule has 0 amide bonds. The lowest BCUT2D eigenvalue weighted by Gasteiger charge is -2.20. The molecule has 0 bridgehead atoms. The summed E-state index contributed by atoms with van der Waals surface area (Å²) in [6, 6.07) is 14.6. The molecule has 4 nitrogen and oxygen atoms in total. The Morgan fingerprint density at radius 3 is 2.12 bits per heavy atom. The minimum atomic E-state index is -0.727. The van der Waals surface area contributed by atoms with Crippen molar-refractivity contribution in [2.45, 2.75) is 32.2 Å². The summed E-state index contributed by atoms with van der Waals surface area (Å²) in [5, 5.41) is 11.4. The van der Waals surface area contributed by atoms with Gasteiger partial charge in [-0.3, -0.25) is 10.1 Å². The van der Waals surface area contributed by atoms with Gasteiger partial charge >= 0.3 is 0 Å². The van der Waals surface area contributed by atoms with E-state index >= 15 is 0 Å². The Labute approximate surface area is 142 Å². The number of terminal acetylenes is 1. The maximum Gasteiger partial charge on any atom is 0.221 e. The van der Waals surface area contributed by atoms with Crippen LogP contribution in [-0.4, -0.2) is 17.6 Å². The summed E-state index contributed by atoms with van der Waals surface area (Å²) in [6.07, 6.45) is 6.12. The van der Waals surface area contributed by atoms with Crippen LogP contribution in [0.2, 0.25) is 0 Å². The molecule has 124 valence electrons. The van der Waals surface area contributed by atoms with E-state index in [-0.39, 0.29) is 17.4 Å².